The van der Waals surface area contributed by atoms with E-state index in [4.69, 9.17) is 4.52 Å². The van der Waals surface area contributed by atoms with Crippen LogP contribution in [-0.4, -0.2) is 25.7 Å². The molecule has 0 aromatic heterocycles. The van der Waals surface area contributed by atoms with E-state index < -0.39 is 0 Å². The second-order valence-electron chi connectivity index (χ2n) is 3.24. The highest BCUT2D eigenvalue weighted by Gasteiger charge is 2.29. The molecule has 1 N–H and O–H groups in total. The van der Waals surface area contributed by atoms with Gasteiger partial charge in [0.05, 0.1) is 12.7 Å². The van der Waals surface area contributed by atoms with Gasteiger partial charge in [-0.2, -0.15) is 0 Å². The van der Waals surface area contributed by atoms with Gasteiger partial charge in [0.2, 0.25) is 0 Å². The summed E-state index contributed by atoms with van der Waals surface area (Å²) in [5.74, 6) is 1.03. The maximum absolute atomic E-state index is 9.40. The normalized spacial score (nSPS) is 40.4. The lowest BCUT2D eigenvalue weighted by Gasteiger charge is -2.11. The fourth-order valence-electron chi connectivity index (χ4n) is 1.68. The minimum absolute atomic E-state index is 0.129. The Morgan fingerprint density at radius 1 is 1.60 bits per heavy atom. The molecule has 1 unspecified atom stereocenters. The van der Waals surface area contributed by atoms with Gasteiger partial charge in [-0.1, -0.05) is 5.82 Å². The van der Waals surface area contributed by atoms with Gasteiger partial charge in [0.1, 0.15) is 7.85 Å². The van der Waals surface area contributed by atoms with Gasteiger partial charge in [-0.15, -0.1) is 0 Å². The van der Waals surface area contributed by atoms with Gasteiger partial charge >= 0.3 is 0 Å². The third-order valence-corrected chi connectivity index (χ3v) is 2.40. The average molecular weight is 160 g/mol. The Morgan fingerprint density at radius 3 is 2.70 bits per heavy atom. The lowest BCUT2D eigenvalue weighted by Crippen LogP contribution is -2.16. The SMILES string of the molecule is B[C@H]1C[C@@H](COP)[C@@H](O)C1. The van der Waals surface area contributed by atoms with E-state index in [1.807, 2.05) is 0 Å². The van der Waals surface area contributed by atoms with Gasteiger partial charge in [0, 0.05) is 15.4 Å². The summed E-state index contributed by atoms with van der Waals surface area (Å²) in [5.41, 5.74) is 0. The third-order valence-electron chi connectivity index (χ3n) is 2.20. The summed E-state index contributed by atoms with van der Waals surface area (Å²) in [6.45, 7) is 0.677. The van der Waals surface area contributed by atoms with Gasteiger partial charge in [-0.05, 0) is 12.8 Å². The quantitative estimate of drug-likeness (QED) is 0.454. The minimum Gasteiger partial charge on any atom is -0.393 e. The molecule has 58 valence electrons. The Balaban J connectivity index is 2.31. The molecular weight excluding hydrogens is 146 g/mol. The summed E-state index contributed by atoms with van der Waals surface area (Å²) in [6.07, 6.45) is 1.92. The summed E-state index contributed by atoms with van der Waals surface area (Å²) in [6, 6.07) is 0. The predicted octanol–water partition coefficient (Wildman–Crippen LogP) is -0.0144. The van der Waals surface area contributed by atoms with Crippen LogP contribution >= 0.6 is 9.47 Å². The van der Waals surface area contributed by atoms with Crippen LogP contribution in [0.1, 0.15) is 12.8 Å². The molecule has 10 heavy (non-hydrogen) atoms. The zero-order valence-electron chi connectivity index (χ0n) is 6.29. The molecule has 1 rings (SSSR count). The lowest BCUT2D eigenvalue weighted by atomic mass is 9.85. The zero-order valence-corrected chi connectivity index (χ0v) is 7.44. The molecule has 1 aliphatic rings. The van der Waals surface area contributed by atoms with E-state index in [2.05, 4.69) is 17.3 Å². The Hall–Kier alpha value is 0.415. The van der Waals surface area contributed by atoms with Crippen LogP contribution < -0.4 is 0 Å². The molecule has 0 radical (unpaired) electrons. The number of rotatable bonds is 2. The average Bonchev–Trinajstić information content (AvgIpc) is 2.13. The first kappa shape index (κ1) is 8.51. The van der Waals surface area contributed by atoms with Gasteiger partial charge < -0.3 is 9.63 Å². The van der Waals surface area contributed by atoms with Crippen LogP contribution in [-0.2, 0) is 4.52 Å². The lowest BCUT2D eigenvalue weighted by molar-refractivity contribution is 0.105. The van der Waals surface area contributed by atoms with E-state index in [1.165, 1.54) is 0 Å². The third kappa shape index (κ3) is 1.95. The highest BCUT2D eigenvalue weighted by atomic mass is 31.0. The van der Waals surface area contributed by atoms with Crippen LogP contribution in [0.4, 0.5) is 0 Å². The maximum Gasteiger partial charge on any atom is 0.105 e. The molecule has 4 heteroatoms. The first-order chi connectivity index (χ1) is 4.74. The van der Waals surface area contributed by atoms with E-state index in [0.717, 1.165) is 12.8 Å². The molecule has 0 heterocycles. The molecular formula is C6H14BO2P. The summed E-state index contributed by atoms with van der Waals surface area (Å²) in [5, 5.41) is 9.40. The van der Waals surface area contributed by atoms with Crippen molar-refractivity contribution in [3.8, 4) is 0 Å². The van der Waals surface area contributed by atoms with Gasteiger partial charge in [-0.3, -0.25) is 0 Å². The first-order valence-corrected chi connectivity index (χ1v) is 4.21. The first-order valence-electron chi connectivity index (χ1n) is 3.73. The second-order valence-corrected chi connectivity index (χ2v) is 3.57. The van der Waals surface area contributed by atoms with Crippen molar-refractivity contribution in [3.05, 3.63) is 0 Å². The zero-order chi connectivity index (χ0) is 7.56. The van der Waals surface area contributed by atoms with E-state index in [1.54, 1.807) is 0 Å². The van der Waals surface area contributed by atoms with Gasteiger partial charge in [0.25, 0.3) is 0 Å². The molecule has 4 atom stereocenters. The second kappa shape index (κ2) is 3.70. The molecule has 0 saturated heterocycles. The Labute approximate surface area is 65.0 Å². The van der Waals surface area contributed by atoms with E-state index in [0.29, 0.717) is 18.3 Å². The Bertz CT molecular complexity index is 112. The number of aliphatic hydroxyl groups excluding tert-OH is 1. The topological polar surface area (TPSA) is 29.5 Å². The number of aliphatic hydroxyl groups is 1. The van der Waals surface area contributed by atoms with Crippen LogP contribution in [0.25, 0.3) is 0 Å². The highest BCUT2D eigenvalue weighted by Crippen LogP contribution is 2.33. The van der Waals surface area contributed by atoms with Crippen molar-refractivity contribution in [3.63, 3.8) is 0 Å². The molecule has 0 amide bonds. The van der Waals surface area contributed by atoms with Gasteiger partial charge in [0.15, 0.2) is 0 Å². The largest absolute Gasteiger partial charge is 0.393 e. The summed E-state index contributed by atoms with van der Waals surface area (Å²) >= 11 is 0. The summed E-state index contributed by atoms with van der Waals surface area (Å²) in [4.78, 5) is 0. The number of hydrogen-bond acceptors (Lipinski definition) is 2. The summed E-state index contributed by atoms with van der Waals surface area (Å²) in [7, 11) is 4.40. The molecule has 1 aliphatic carbocycles. The van der Waals surface area contributed by atoms with Crippen LogP contribution in [0, 0.1) is 5.92 Å². The van der Waals surface area contributed by atoms with Crippen molar-refractivity contribution in [1.29, 1.82) is 0 Å². The van der Waals surface area contributed by atoms with E-state index in [-0.39, 0.29) is 6.10 Å². The molecule has 0 aromatic carbocycles. The molecule has 1 saturated carbocycles. The predicted molar refractivity (Wildman–Crippen MR) is 46.7 cm³/mol. The maximum atomic E-state index is 9.40. The van der Waals surface area contributed by atoms with Crippen molar-refractivity contribution >= 4 is 17.3 Å². The van der Waals surface area contributed by atoms with Crippen molar-refractivity contribution in [1.82, 2.24) is 0 Å². The van der Waals surface area contributed by atoms with Crippen molar-refractivity contribution in [2.75, 3.05) is 6.61 Å². The van der Waals surface area contributed by atoms with Crippen LogP contribution in [0.5, 0.6) is 0 Å². The Kier molecular flexibility index (Phi) is 3.15. The van der Waals surface area contributed by atoms with Gasteiger partial charge in [-0.25, -0.2) is 0 Å². The fourth-order valence-corrected chi connectivity index (χ4v) is 1.92. The standard InChI is InChI=1S/C6H14BO2P/c7-5-1-4(3-9-10)6(8)2-5/h4-6,8H,1-3,7,10H2/t4-,5-,6-/m0/s1. The van der Waals surface area contributed by atoms with Crippen LogP contribution in [0.3, 0.4) is 0 Å². The van der Waals surface area contributed by atoms with E-state index in [9.17, 15) is 5.11 Å². The van der Waals surface area contributed by atoms with Crippen molar-refractivity contribution in [2.45, 2.75) is 24.8 Å². The minimum atomic E-state index is -0.129. The smallest absolute Gasteiger partial charge is 0.105 e. The Morgan fingerprint density at radius 2 is 2.30 bits per heavy atom. The molecule has 1 fully saturated rings. The summed E-state index contributed by atoms with van der Waals surface area (Å²) < 4.78 is 4.90. The van der Waals surface area contributed by atoms with E-state index >= 15 is 0 Å². The highest BCUT2D eigenvalue weighted by molar-refractivity contribution is 7.09. The molecule has 0 aromatic rings. The fraction of sp³-hybridized carbons (Fsp3) is 1.00. The van der Waals surface area contributed by atoms with Crippen molar-refractivity contribution < 1.29 is 9.63 Å². The molecule has 0 aliphatic heterocycles. The number of hydrogen-bond donors (Lipinski definition) is 1. The molecule has 2 nitrogen and oxygen atoms in total. The molecule has 0 bridgehead atoms. The van der Waals surface area contributed by atoms with Crippen LogP contribution in [0.2, 0.25) is 5.82 Å². The van der Waals surface area contributed by atoms with Crippen LogP contribution in [0.15, 0.2) is 0 Å². The van der Waals surface area contributed by atoms with Crippen molar-refractivity contribution in [2.24, 2.45) is 5.92 Å². The molecule has 0 spiro atoms. The monoisotopic (exact) mass is 160 g/mol.